The van der Waals surface area contributed by atoms with Gasteiger partial charge in [0.2, 0.25) is 0 Å². The molecule has 1 saturated carbocycles. The lowest BCUT2D eigenvalue weighted by atomic mass is 9.93. The van der Waals surface area contributed by atoms with Gasteiger partial charge in [0.15, 0.2) is 5.58 Å². The van der Waals surface area contributed by atoms with Gasteiger partial charge in [-0.25, -0.2) is 9.18 Å². The average molecular weight is 613 g/mol. The lowest BCUT2D eigenvalue weighted by molar-refractivity contribution is 0.195. The lowest BCUT2D eigenvalue weighted by Crippen LogP contribution is -2.25. The van der Waals surface area contributed by atoms with Gasteiger partial charge in [-0.3, -0.25) is 4.79 Å². The van der Waals surface area contributed by atoms with E-state index < -0.39 is 5.63 Å². The van der Waals surface area contributed by atoms with Crippen LogP contribution in [0.5, 0.6) is 0 Å². The third-order valence-electron chi connectivity index (χ3n) is 7.19. The van der Waals surface area contributed by atoms with Crippen molar-refractivity contribution in [3.63, 3.8) is 0 Å². The molecule has 7 heteroatoms. The van der Waals surface area contributed by atoms with E-state index in [1.807, 2.05) is 29.7 Å². The maximum atomic E-state index is 14.9. The summed E-state index contributed by atoms with van der Waals surface area (Å²) in [5.41, 5.74) is 4.48. The Bertz CT molecular complexity index is 1620. The Balaban J connectivity index is 1.78. The van der Waals surface area contributed by atoms with Crippen molar-refractivity contribution in [1.82, 2.24) is 4.57 Å². The Morgan fingerprint density at radius 2 is 1.92 bits per heavy atom. The highest BCUT2D eigenvalue weighted by atomic mass is 127. The van der Waals surface area contributed by atoms with Gasteiger partial charge in [-0.1, -0.05) is 30.3 Å². The van der Waals surface area contributed by atoms with E-state index in [0.29, 0.717) is 28.7 Å². The largest absolute Gasteiger partial charge is 0.422 e. The highest BCUT2D eigenvalue weighted by Gasteiger charge is 2.31. The molecule has 0 N–H and O–H groups in total. The van der Waals surface area contributed by atoms with Crippen LogP contribution < -0.4 is 11.2 Å². The molecule has 2 aromatic heterocycles. The molecule has 192 valence electrons. The molecule has 0 spiro atoms. The minimum atomic E-state index is -0.506. The molecule has 2 heterocycles. The van der Waals surface area contributed by atoms with Crippen molar-refractivity contribution in [3.05, 3.63) is 101 Å². The fourth-order valence-electron chi connectivity index (χ4n) is 5.12. The van der Waals surface area contributed by atoms with Crippen molar-refractivity contribution < 1.29 is 13.5 Å². The van der Waals surface area contributed by atoms with Crippen LogP contribution in [0.2, 0.25) is 0 Å². The minimum absolute atomic E-state index is 0.121. The van der Waals surface area contributed by atoms with Crippen molar-refractivity contribution in [2.24, 2.45) is 0 Å². The maximum absolute atomic E-state index is 14.9. The molecule has 5 rings (SSSR count). The second-order valence-corrected chi connectivity index (χ2v) is 11.0. The molecule has 1 fully saturated rings. The molecule has 0 unspecified atom stereocenters. The first-order valence-corrected chi connectivity index (χ1v) is 13.6. The number of hydrogen-bond donors (Lipinski definition) is 0. The van der Waals surface area contributed by atoms with E-state index in [2.05, 4.69) is 34.7 Å². The van der Waals surface area contributed by atoms with Gasteiger partial charge in [-0.15, -0.1) is 0 Å². The average Bonchev–Trinajstić information content (AvgIpc) is 3.69. The molecular weight excluding hydrogens is 584 g/mol. The van der Waals surface area contributed by atoms with Crippen LogP contribution in [-0.4, -0.2) is 18.3 Å². The van der Waals surface area contributed by atoms with E-state index in [1.165, 1.54) is 6.07 Å². The van der Waals surface area contributed by atoms with Crippen molar-refractivity contribution in [1.29, 1.82) is 0 Å². The summed E-state index contributed by atoms with van der Waals surface area (Å²) in [4.78, 5) is 27.0. The van der Waals surface area contributed by atoms with Gasteiger partial charge in [0.1, 0.15) is 5.82 Å². The predicted octanol–water partition coefficient (Wildman–Crippen LogP) is 6.49. The standard InChI is InChI=1S/C30H29FINO4/c1-17-24(15-20-9-10-22(32)16-25(20)31)27-28(37-30(17)35)26(18(2)33(29(27)34)23-11-12-23)21-8-4-6-19(14-21)7-5-13-36-3/h4,6,8-10,14,16,23H,5,7,11-13,15H2,1-3H3. The van der Waals surface area contributed by atoms with Crippen LogP contribution >= 0.6 is 22.6 Å². The number of hydrogen-bond acceptors (Lipinski definition) is 4. The van der Waals surface area contributed by atoms with Crippen LogP contribution in [0.1, 0.15) is 53.3 Å². The number of ether oxygens (including phenoxy) is 1. The third kappa shape index (κ3) is 5.03. The van der Waals surface area contributed by atoms with E-state index in [9.17, 15) is 14.0 Å². The molecular formula is C30H29FINO4. The molecule has 2 aromatic carbocycles. The third-order valence-corrected chi connectivity index (χ3v) is 7.86. The fourth-order valence-corrected chi connectivity index (χ4v) is 5.57. The molecule has 0 radical (unpaired) electrons. The topological polar surface area (TPSA) is 61.4 Å². The first-order valence-electron chi connectivity index (χ1n) is 12.5. The zero-order valence-electron chi connectivity index (χ0n) is 21.2. The number of aryl methyl sites for hydroxylation is 1. The summed E-state index contributed by atoms with van der Waals surface area (Å²) >= 11 is 2.07. The van der Waals surface area contributed by atoms with Gasteiger partial charge in [0.25, 0.3) is 5.56 Å². The summed E-state index contributed by atoms with van der Waals surface area (Å²) < 4.78 is 28.6. The van der Waals surface area contributed by atoms with Crippen LogP contribution in [0.3, 0.4) is 0 Å². The quantitative estimate of drug-likeness (QED) is 0.169. The Morgan fingerprint density at radius 3 is 2.62 bits per heavy atom. The molecule has 4 aromatic rings. The zero-order valence-corrected chi connectivity index (χ0v) is 23.4. The van der Waals surface area contributed by atoms with Crippen molar-refractivity contribution >= 4 is 33.6 Å². The number of methoxy groups -OCH3 is 1. The second kappa shape index (κ2) is 10.5. The minimum Gasteiger partial charge on any atom is -0.422 e. The van der Waals surface area contributed by atoms with E-state index in [0.717, 1.165) is 51.6 Å². The van der Waals surface area contributed by atoms with Gasteiger partial charge in [-0.2, -0.15) is 0 Å². The molecule has 0 bridgehead atoms. The number of halogens is 2. The SMILES string of the molecule is COCCCc1cccc(-c2c(C)n(C3CC3)c(=O)c3c(Cc4ccc(I)cc4F)c(C)c(=O)oc23)c1. The summed E-state index contributed by atoms with van der Waals surface area (Å²) in [7, 11) is 1.69. The first-order chi connectivity index (χ1) is 17.8. The maximum Gasteiger partial charge on any atom is 0.339 e. The monoisotopic (exact) mass is 613 g/mol. The van der Waals surface area contributed by atoms with Crippen LogP contribution in [0.25, 0.3) is 22.1 Å². The van der Waals surface area contributed by atoms with Gasteiger partial charge < -0.3 is 13.7 Å². The van der Waals surface area contributed by atoms with Crippen LogP contribution in [0.4, 0.5) is 4.39 Å². The van der Waals surface area contributed by atoms with Crippen LogP contribution in [0, 0.1) is 23.2 Å². The molecule has 37 heavy (non-hydrogen) atoms. The smallest absolute Gasteiger partial charge is 0.339 e. The summed E-state index contributed by atoms with van der Waals surface area (Å²) in [5.74, 6) is -0.355. The Kier molecular flexibility index (Phi) is 7.36. The lowest BCUT2D eigenvalue weighted by Gasteiger charge is -2.19. The van der Waals surface area contributed by atoms with Gasteiger partial charge in [0, 0.05) is 46.6 Å². The molecule has 1 aliphatic rings. The van der Waals surface area contributed by atoms with Crippen LogP contribution in [-0.2, 0) is 17.6 Å². The Hall–Kier alpha value is -2.78. The van der Waals surface area contributed by atoms with E-state index in [4.69, 9.17) is 9.15 Å². The van der Waals surface area contributed by atoms with Gasteiger partial charge in [0.05, 0.1) is 5.39 Å². The number of benzene rings is 2. The number of nitrogens with zero attached hydrogens (tertiary/aromatic N) is 1. The Morgan fingerprint density at radius 1 is 1.14 bits per heavy atom. The summed E-state index contributed by atoms with van der Waals surface area (Å²) in [6.07, 6.45) is 3.73. The second-order valence-electron chi connectivity index (χ2n) is 9.77. The summed E-state index contributed by atoms with van der Waals surface area (Å²) in [6, 6.07) is 13.3. The van der Waals surface area contributed by atoms with Crippen molar-refractivity contribution in [2.75, 3.05) is 13.7 Å². The van der Waals surface area contributed by atoms with E-state index in [1.54, 1.807) is 20.1 Å². The molecule has 0 saturated heterocycles. The summed E-state index contributed by atoms with van der Waals surface area (Å²) in [5, 5.41) is 0.368. The number of fused-ring (bicyclic) bond motifs is 1. The predicted molar refractivity (Wildman–Crippen MR) is 152 cm³/mol. The molecule has 1 aliphatic carbocycles. The highest BCUT2D eigenvalue weighted by Crippen LogP contribution is 2.40. The number of rotatable bonds is 8. The van der Waals surface area contributed by atoms with Crippen molar-refractivity contribution in [3.8, 4) is 11.1 Å². The Labute approximate surface area is 228 Å². The molecule has 0 atom stereocenters. The normalized spacial score (nSPS) is 13.4. The number of aromatic nitrogens is 1. The fraction of sp³-hybridized carbons (Fsp3) is 0.333. The van der Waals surface area contributed by atoms with Crippen molar-refractivity contribution in [2.45, 2.75) is 52.0 Å². The van der Waals surface area contributed by atoms with E-state index in [-0.39, 0.29) is 29.4 Å². The molecule has 0 aliphatic heterocycles. The molecule has 5 nitrogen and oxygen atoms in total. The molecule has 0 amide bonds. The van der Waals surface area contributed by atoms with Gasteiger partial charge >= 0.3 is 5.63 Å². The van der Waals surface area contributed by atoms with Gasteiger partial charge in [-0.05, 0) is 96.5 Å². The first kappa shape index (κ1) is 25.9. The summed E-state index contributed by atoms with van der Waals surface area (Å²) in [6.45, 7) is 4.25. The highest BCUT2D eigenvalue weighted by molar-refractivity contribution is 14.1. The van der Waals surface area contributed by atoms with Crippen LogP contribution in [0.15, 0.2) is 56.5 Å². The zero-order chi connectivity index (χ0) is 26.3. The number of pyridine rings is 1. The van der Waals surface area contributed by atoms with E-state index >= 15 is 0 Å².